The molecule has 3 heteroatoms. The van der Waals surface area contributed by atoms with Crippen LogP contribution in [0.3, 0.4) is 0 Å². The number of thioether (sulfide) groups is 1. The third kappa shape index (κ3) is 2.87. The second kappa shape index (κ2) is 5.57. The van der Waals surface area contributed by atoms with Gasteiger partial charge >= 0.3 is 0 Å². The zero-order valence-corrected chi connectivity index (χ0v) is 12.2. The van der Waals surface area contributed by atoms with E-state index in [0.717, 1.165) is 21.6 Å². The fourth-order valence-electron chi connectivity index (χ4n) is 2.08. The monoisotopic (exact) mass is 274 g/mol. The molecule has 2 aromatic carbocycles. The van der Waals surface area contributed by atoms with Crippen LogP contribution in [0.1, 0.15) is 25.3 Å². The molecular formula is C16H18O2S. The highest BCUT2D eigenvalue weighted by atomic mass is 32.2. The van der Waals surface area contributed by atoms with E-state index >= 15 is 0 Å². The summed E-state index contributed by atoms with van der Waals surface area (Å²) in [6.07, 6.45) is 1.93. The SMILES string of the molecule is CSc1ccc(-c2ccc(C(C)C)c(O)c2)cc1O. The fourth-order valence-corrected chi connectivity index (χ4v) is 2.55. The summed E-state index contributed by atoms with van der Waals surface area (Å²) in [7, 11) is 0. The van der Waals surface area contributed by atoms with Crippen molar-refractivity contribution in [3.63, 3.8) is 0 Å². The van der Waals surface area contributed by atoms with E-state index < -0.39 is 0 Å². The van der Waals surface area contributed by atoms with E-state index in [2.05, 4.69) is 0 Å². The molecule has 0 radical (unpaired) electrons. The Balaban J connectivity index is 2.42. The predicted octanol–water partition coefficient (Wildman–Crippen LogP) is 4.61. The smallest absolute Gasteiger partial charge is 0.129 e. The first-order valence-electron chi connectivity index (χ1n) is 6.23. The highest BCUT2D eigenvalue weighted by Gasteiger charge is 2.09. The molecule has 100 valence electrons. The van der Waals surface area contributed by atoms with E-state index in [1.54, 1.807) is 12.1 Å². The Bertz CT molecular complexity index is 591. The van der Waals surface area contributed by atoms with Crippen LogP contribution in [-0.4, -0.2) is 16.5 Å². The summed E-state index contributed by atoms with van der Waals surface area (Å²) < 4.78 is 0. The minimum atomic E-state index is 0.275. The zero-order valence-electron chi connectivity index (χ0n) is 11.3. The second-order valence-electron chi connectivity index (χ2n) is 4.81. The number of phenolic OH excluding ortho intramolecular Hbond substituents is 2. The van der Waals surface area contributed by atoms with Crippen LogP contribution in [0.4, 0.5) is 0 Å². The van der Waals surface area contributed by atoms with Crippen LogP contribution >= 0.6 is 11.8 Å². The van der Waals surface area contributed by atoms with Crippen molar-refractivity contribution in [3.05, 3.63) is 42.0 Å². The molecule has 0 heterocycles. The Morgan fingerprint density at radius 3 is 1.95 bits per heavy atom. The van der Waals surface area contributed by atoms with Gasteiger partial charge in [-0.2, -0.15) is 0 Å². The van der Waals surface area contributed by atoms with Crippen molar-refractivity contribution in [2.75, 3.05) is 6.26 Å². The molecule has 2 aromatic rings. The van der Waals surface area contributed by atoms with Gasteiger partial charge in [0.15, 0.2) is 0 Å². The van der Waals surface area contributed by atoms with E-state index in [1.165, 1.54) is 11.8 Å². The predicted molar refractivity (Wildman–Crippen MR) is 81.1 cm³/mol. The number of rotatable bonds is 3. The summed E-state index contributed by atoms with van der Waals surface area (Å²) in [6.45, 7) is 4.10. The average Bonchev–Trinajstić information content (AvgIpc) is 2.38. The summed E-state index contributed by atoms with van der Waals surface area (Å²) in [6, 6.07) is 11.2. The molecular weight excluding hydrogens is 256 g/mol. The Labute approximate surface area is 118 Å². The van der Waals surface area contributed by atoms with Gasteiger partial charge in [-0.1, -0.05) is 32.0 Å². The highest BCUT2D eigenvalue weighted by Crippen LogP contribution is 2.34. The van der Waals surface area contributed by atoms with Gasteiger partial charge in [-0.05, 0) is 47.1 Å². The minimum absolute atomic E-state index is 0.275. The Morgan fingerprint density at radius 1 is 0.895 bits per heavy atom. The normalized spacial score (nSPS) is 10.9. The summed E-state index contributed by atoms with van der Waals surface area (Å²) in [4.78, 5) is 0.853. The van der Waals surface area contributed by atoms with Crippen LogP contribution in [0, 0.1) is 0 Å². The van der Waals surface area contributed by atoms with E-state index in [4.69, 9.17) is 0 Å². The average molecular weight is 274 g/mol. The van der Waals surface area contributed by atoms with Gasteiger partial charge in [0, 0.05) is 4.90 Å². The van der Waals surface area contributed by atoms with Crippen molar-refractivity contribution < 1.29 is 10.2 Å². The summed E-state index contributed by atoms with van der Waals surface area (Å²) in [5.41, 5.74) is 2.75. The maximum Gasteiger partial charge on any atom is 0.129 e. The first-order chi connectivity index (χ1) is 9.02. The number of aromatic hydroxyl groups is 2. The van der Waals surface area contributed by atoms with Gasteiger partial charge in [-0.15, -0.1) is 11.8 Å². The molecule has 0 amide bonds. The molecule has 0 unspecified atom stereocenters. The first-order valence-corrected chi connectivity index (χ1v) is 7.45. The van der Waals surface area contributed by atoms with Gasteiger partial charge in [-0.3, -0.25) is 0 Å². The Hall–Kier alpha value is -1.61. The van der Waals surface area contributed by atoms with Crippen molar-refractivity contribution in [1.29, 1.82) is 0 Å². The van der Waals surface area contributed by atoms with Crippen molar-refractivity contribution >= 4 is 11.8 Å². The van der Waals surface area contributed by atoms with E-state index in [-0.39, 0.29) is 5.75 Å². The van der Waals surface area contributed by atoms with Crippen LogP contribution in [0.5, 0.6) is 11.5 Å². The molecule has 0 aromatic heterocycles. The lowest BCUT2D eigenvalue weighted by Crippen LogP contribution is -1.89. The Morgan fingerprint density at radius 2 is 1.47 bits per heavy atom. The first kappa shape index (κ1) is 13.8. The molecule has 0 aliphatic heterocycles. The fraction of sp³-hybridized carbons (Fsp3) is 0.250. The Kier molecular flexibility index (Phi) is 4.05. The van der Waals surface area contributed by atoms with Gasteiger partial charge in [0.1, 0.15) is 11.5 Å². The molecule has 0 aliphatic carbocycles. The molecule has 0 aliphatic rings. The molecule has 0 fully saturated rings. The van der Waals surface area contributed by atoms with Gasteiger partial charge in [0.2, 0.25) is 0 Å². The lowest BCUT2D eigenvalue weighted by molar-refractivity contribution is 0.462. The lowest BCUT2D eigenvalue weighted by atomic mass is 9.97. The molecule has 0 saturated carbocycles. The van der Waals surface area contributed by atoms with E-state index in [1.807, 2.05) is 44.4 Å². The largest absolute Gasteiger partial charge is 0.508 e. The van der Waals surface area contributed by atoms with Crippen LogP contribution in [-0.2, 0) is 0 Å². The highest BCUT2D eigenvalue weighted by molar-refractivity contribution is 7.98. The zero-order chi connectivity index (χ0) is 14.0. The number of hydrogen-bond donors (Lipinski definition) is 2. The standard InChI is InChI=1S/C16H18O2S/c1-10(2)13-6-4-11(8-14(13)17)12-5-7-16(19-3)15(18)9-12/h4-10,17-18H,1-3H3. The third-order valence-corrected chi connectivity index (χ3v) is 3.95. The molecule has 0 bridgehead atoms. The van der Waals surface area contributed by atoms with Crippen molar-refractivity contribution in [2.45, 2.75) is 24.7 Å². The molecule has 2 rings (SSSR count). The van der Waals surface area contributed by atoms with Gasteiger partial charge < -0.3 is 10.2 Å². The van der Waals surface area contributed by atoms with E-state index in [0.29, 0.717) is 11.7 Å². The number of hydrogen-bond acceptors (Lipinski definition) is 3. The quantitative estimate of drug-likeness (QED) is 0.803. The number of benzene rings is 2. The molecule has 19 heavy (non-hydrogen) atoms. The van der Waals surface area contributed by atoms with Gasteiger partial charge in [0.25, 0.3) is 0 Å². The van der Waals surface area contributed by atoms with Crippen molar-refractivity contribution in [3.8, 4) is 22.6 Å². The minimum Gasteiger partial charge on any atom is -0.508 e. The van der Waals surface area contributed by atoms with Crippen molar-refractivity contribution in [1.82, 2.24) is 0 Å². The second-order valence-corrected chi connectivity index (χ2v) is 5.66. The molecule has 0 spiro atoms. The third-order valence-electron chi connectivity index (χ3n) is 3.16. The van der Waals surface area contributed by atoms with Crippen LogP contribution in [0.25, 0.3) is 11.1 Å². The topological polar surface area (TPSA) is 40.5 Å². The van der Waals surface area contributed by atoms with E-state index in [9.17, 15) is 10.2 Å². The van der Waals surface area contributed by atoms with Crippen LogP contribution in [0.15, 0.2) is 41.3 Å². The van der Waals surface area contributed by atoms with Crippen LogP contribution < -0.4 is 0 Å². The maximum atomic E-state index is 10.0. The summed E-state index contributed by atoms with van der Waals surface area (Å²) in [5.74, 6) is 0.875. The summed E-state index contributed by atoms with van der Waals surface area (Å²) >= 11 is 1.51. The number of phenols is 2. The summed E-state index contributed by atoms with van der Waals surface area (Å²) in [5, 5.41) is 19.9. The van der Waals surface area contributed by atoms with Gasteiger partial charge in [0.05, 0.1) is 0 Å². The van der Waals surface area contributed by atoms with Gasteiger partial charge in [-0.25, -0.2) is 0 Å². The molecule has 2 N–H and O–H groups in total. The lowest BCUT2D eigenvalue weighted by Gasteiger charge is -2.11. The molecule has 2 nitrogen and oxygen atoms in total. The molecule has 0 saturated heterocycles. The molecule has 0 atom stereocenters. The van der Waals surface area contributed by atoms with Crippen molar-refractivity contribution in [2.24, 2.45) is 0 Å². The maximum absolute atomic E-state index is 10.0. The van der Waals surface area contributed by atoms with Crippen LogP contribution in [0.2, 0.25) is 0 Å².